The van der Waals surface area contributed by atoms with Crippen LogP contribution in [0.3, 0.4) is 0 Å². The van der Waals surface area contributed by atoms with Gasteiger partial charge < -0.3 is 19.3 Å². The summed E-state index contributed by atoms with van der Waals surface area (Å²) >= 11 is 1.32. The van der Waals surface area contributed by atoms with Gasteiger partial charge in [0.25, 0.3) is 0 Å². The number of aromatic hydroxyl groups is 1. The van der Waals surface area contributed by atoms with E-state index in [0.717, 1.165) is 34.7 Å². The molecule has 3 aromatic rings. The lowest BCUT2D eigenvalue weighted by atomic mass is 10.1. The van der Waals surface area contributed by atoms with Crippen molar-refractivity contribution in [3.63, 3.8) is 0 Å². The minimum absolute atomic E-state index is 0.0136. The number of carbonyl (C=O) groups is 1. The normalized spacial score (nSPS) is 14.9. The predicted octanol–water partition coefficient (Wildman–Crippen LogP) is 4.20. The molecule has 1 aliphatic heterocycles. The fourth-order valence-corrected chi connectivity index (χ4v) is 4.47. The van der Waals surface area contributed by atoms with Gasteiger partial charge in [0.15, 0.2) is 10.8 Å². The first-order chi connectivity index (χ1) is 14.0. The highest BCUT2D eigenvalue weighted by Crippen LogP contribution is 2.39. The molecule has 0 unspecified atom stereocenters. The number of azo groups is 1. The van der Waals surface area contributed by atoms with E-state index < -0.39 is 5.91 Å². The van der Waals surface area contributed by atoms with Crippen molar-refractivity contribution in [2.45, 2.75) is 27.3 Å². The van der Waals surface area contributed by atoms with E-state index in [1.807, 2.05) is 32.0 Å². The molecule has 0 bridgehead atoms. The van der Waals surface area contributed by atoms with E-state index in [1.165, 1.54) is 11.3 Å². The molecule has 2 aromatic heterocycles. The van der Waals surface area contributed by atoms with Crippen molar-refractivity contribution in [2.75, 3.05) is 31.2 Å². The fourth-order valence-electron chi connectivity index (χ4n) is 3.47. The van der Waals surface area contributed by atoms with Crippen LogP contribution < -0.4 is 4.90 Å². The molecule has 4 rings (SSSR count). The number of anilines is 1. The molecule has 29 heavy (non-hydrogen) atoms. The second kappa shape index (κ2) is 7.92. The molecule has 0 radical (unpaired) electrons. The summed E-state index contributed by atoms with van der Waals surface area (Å²) in [4.78, 5) is 19.8. The molecule has 9 heteroatoms. The second-order valence-corrected chi connectivity index (χ2v) is 7.93. The molecule has 1 aliphatic rings. The Morgan fingerprint density at radius 1 is 1.31 bits per heavy atom. The Morgan fingerprint density at radius 2 is 2.07 bits per heavy atom. The number of benzene rings is 1. The molecule has 8 nitrogen and oxygen atoms in total. The molecule has 1 amide bonds. The Bertz CT molecular complexity index is 1100. The molecule has 0 atom stereocenters. The number of morpholine rings is 1. The summed E-state index contributed by atoms with van der Waals surface area (Å²) in [5.74, 6) is -0.441. The molecule has 1 N–H and O–H groups in total. The molecule has 0 saturated carbocycles. The third-order valence-corrected chi connectivity index (χ3v) is 6.19. The summed E-state index contributed by atoms with van der Waals surface area (Å²) < 4.78 is 7.12. The van der Waals surface area contributed by atoms with Crippen molar-refractivity contribution in [3.8, 4) is 5.88 Å². The van der Waals surface area contributed by atoms with E-state index in [2.05, 4.69) is 20.1 Å². The Kier molecular flexibility index (Phi) is 5.33. The van der Waals surface area contributed by atoms with Crippen LogP contribution in [0.4, 0.5) is 10.8 Å². The van der Waals surface area contributed by atoms with Crippen LogP contribution in [-0.4, -0.2) is 46.9 Å². The standard InChI is InChI=1S/C20H23N5O3S/c1-4-25-15-6-5-12(2)11-14(15)16(19(25)27)22-23-18(26)17-13(3)21-20(29-17)24-7-9-28-10-8-24/h5-6,11,27H,4,7-10H2,1-3H3. The number of ether oxygens (including phenoxy) is 1. The van der Waals surface area contributed by atoms with Crippen molar-refractivity contribution in [2.24, 2.45) is 10.2 Å². The van der Waals surface area contributed by atoms with Gasteiger partial charge in [-0.3, -0.25) is 4.79 Å². The number of nitrogens with zero attached hydrogens (tertiary/aromatic N) is 5. The van der Waals surface area contributed by atoms with E-state index >= 15 is 0 Å². The predicted molar refractivity (Wildman–Crippen MR) is 113 cm³/mol. The van der Waals surface area contributed by atoms with Gasteiger partial charge in [-0.2, -0.15) is 0 Å². The average molecular weight is 414 g/mol. The van der Waals surface area contributed by atoms with E-state index in [1.54, 1.807) is 11.5 Å². The Labute approximate surface area is 172 Å². The number of carbonyl (C=O) groups excluding carboxylic acids is 1. The van der Waals surface area contributed by atoms with Crippen LogP contribution in [0.5, 0.6) is 5.88 Å². The number of aromatic nitrogens is 2. The molecule has 152 valence electrons. The zero-order chi connectivity index (χ0) is 20.5. The first-order valence-electron chi connectivity index (χ1n) is 9.57. The van der Waals surface area contributed by atoms with E-state index in [0.29, 0.717) is 36.0 Å². The number of rotatable bonds is 4. The van der Waals surface area contributed by atoms with Gasteiger partial charge in [0.2, 0.25) is 5.88 Å². The highest BCUT2D eigenvalue weighted by Gasteiger charge is 2.21. The molecular formula is C20H23N5O3S. The lowest BCUT2D eigenvalue weighted by Gasteiger charge is -2.25. The minimum atomic E-state index is -0.455. The van der Waals surface area contributed by atoms with Gasteiger partial charge in [-0.15, -0.1) is 10.2 Å². The van der Waals surface area contributed by atoms with Crippen molar-refractivity contribution in [1.82, 2.24) is 9.55 Å². The topological polar surface area (TPSA) is 92.3 Å². The molecule has 1 aromatic carbocycles. The van der Waals surface area contributed by atoms with Crippen LogP contribution in [0.1, 0.15) is 27.9 Å². The smallest absolute Gasteiger partial charge is 0.307 e. The number of aryl methyl sites for hydroxylation is 3. The second-order valence-electron chi connectivity index (χ2n) is 6.95. The van der Waals surface area contributed by atoms with E-state index in [-0.39, 0.29) is 5.88 Å². The van der Waals surface area contributed by atoms with Gasteiger partial charge in [0, 0.05) is 25.0 Å². The number of fused-ring (bicyclic) bond motifs is 1. The maximum absolute atomic E-state index is 12.7. The average Bonchev–Trinajstić information content (AvgIpc) is 3.23. The van der Waals surface area contributed by atoms with E-state index in [9.17, 15) is 9.90 Å². The highest BCUT2D eigenvalue weighted by molar-refractivity contribution is 7.17. The summed E-state index contributed by atoms with van der Waals surface area (Å²) in [6.45, 7) is 9.12. The van der Waals surface area contributed by atoms with Crippen molar-refractivity contribution < 1.29 is 14.6 Å². The third kappa shape index (κ3) is 3.63. The fraction of sp³-hybridized carbons (Fsp3) is 0.400. The van der Waals surface area contributed by atoms with Gasteiger partial charge >= 0.3 is 5.91 Å². The van der Waals surface area contributed by atoms with Gasteiger partial charge in [-0.1, -0.05) is 23.0 Å². The van der Waals surface area contributed by atoms with Crippen molar-refractivity contribution in [1.29, 1.82) is 0 Å². The van der Waals surface area contributed by atoms with Crippen LogP contribution in [0, 0.1) is 13.8 Å². The first-order valence-corrected chi connectivity index (χ1v) is 10.4. The van der Waals surface area contributed by atoms with Crippen LogP contribution >= 0.6 is 11.3 Å². The number of thiazole rings is 1. The zero-order valence-electron chi connectivity index (χ0n) is 16.7. The van der Waals surface area contributed by atoms with Gasteiger partial charge in [-0.25, -0.2) is 4.98 Å². The monoisotopic (exact) mass is 413 g/mol. The van der Waals surface area contributed by atoms with Crippen LogP contribution in [0.2, 0.25) is 0 Å². The molecular weight excluding hydrogens is 390 g/mol. The van der Waals surface area contributed by atoms with Gasteiger partial charge in [0.1, 0.15) is 4.88 Å². The third-order valence-electron chi connectivity index (χ3n) is 4.98. The van der Waals surface area contributed by atoms with Gasteiger partial charge in [0.05, 0.1) is 24.4 Å². The van der Waals surface area contributed by atoms with Gasteiger partial charge in [-0.05, 0) is 32.9 Å². The summed E-state index contributed by atoms with van der Waals surface area (Å²) in [6.07, 6.45) is 0. The Hall–Kier alpha value is -2.78. The van der Waals surface area contributed by atoms with Crippen LogP contribution in [0.25, 0.3) is 10.9 Å². The summed E-state index contributed by atoms with van der Waals surface area (Å²) in [5.41, 5.74) is 2.86. The molecule has 3 heterocycles. The summed E-state index contributed by atoms with van der Waals surface area (Å²) in [6, 6.07) is 5.86. The number of hydrogen-bond acceptors (Lipinski definition) is 7. The lowest BCUT2D eigenvalue weighted by molar-refractivity contribution is 0.0998. The van der Waals surface area contributed by atoms with Crippen molar-refractivity contribution >= 4 is 39.0 Å². The quantitative estimate of drug-likeness (QED) is 0.647. The Morgan fingerprint density at radius 3 is 2.79 bits per heavy atom. The van der Waals surface area contributed by atoms with Crippen molar-refractivity contribution in [3.05, 3.63) is 34.3 Å². The molecule has 0 spiro atoms. The molecule has 1 fully saturated rings. The largest absolute Gasteiger partial charge is 0.493 e. The number of hydrogen-bond donors (Lipinski definition) is 1. The summed E-state index contributed by atoms with van der Waals surface area (Å²) in [5, 5.41) is 20.2. The minimum Gasteiger partial charge on any atom is -0.493 e. The highest BCUT2D eigenvalue weighted by atomic mass is 32.1. The van der Waals surface area contributed by atoms with Crippen LogP contribution in [0.15, 0.2) is 28.4 Å². The maximum Gasteiger partial charge on any atom is 0.307 e. The maximum atomic E-state index is 12.7. The van der Waals surface area contributed by atoms with Crippen LogP contribution in [-0.2, 0) is 11.3 Å². The van der Waals surface area contributed by atoms with E-state index in [4.69, 9.17) is 4.74 Å². The lowest BCUT2D eigenvalue weighted by Crippen LogP contribution is -2.36. The summed E-state index contributed by atoms with van der Waals surface area (Å²) in [7, 11) is 0. The first kappa shape index (κ1) is 19.5. The SMILES string of the molecule is CCn1c(O)c(N=NC(=O)c2sc(N3CCOCC3)nc2C)c2cc(C)ccc21. The zero-order valence-corrected chi connectivity index (χ0v) is 17.5. The number of amides is 1. The molecule has 0 aliphatic carbocycles. The Balaban J connectivity index is 1.65. The molecule has 1 saturated heterocycles.